The maximum absolute atomic E-state index is 12.8. The quantitative estimate of drug-likeness (QED) is 0.270. The molecule has 0 aliphatic rings. The van der Waals surface area contributed by atoms with Crippen LogP contribution in [0.25, 0.3) is 11.0 Å². The highest BCUT2D eigenvalue weighted by molar-refractivity contribution is 7.89. The van der Waals surface area contributed by atoms with Gasteiger partial charge in [0.25, 0.3) is 10.0 Å². The normalized spacial score (nSPS) is 12.6. The van der Waals surface area contributed by atoms with Crippen LogP contribution in [0, 0.1) is 12.5 Å². The molecule has 0 amide bonds. The fourth-order valence-corrected chi connectivity index (χ4v) is 3.78. The SMILES string of the molecule is C#C/N=C(C(=O)c1ccccc1)\C(=C/CCl)NS(=O)(=O)c1cc2ccccc2o1. The third kappa shape index (κ3) is 4.57. The van der Waals surface area contributed by atoms with Gasteiger partial charge in [-0.15, -0.1) is 11.6 Å². The van der Waals surface area contributed by atoms with Gasteiger partial charge in [-0.3, -0.25) is 9.52 Å². The largest absolute Gasteiger partial charge is 0.443 e. The molecule has 0 spiro atoms. The zero-order chi connectivity index (χ0) is 20.9. The molecule has 0 unspecified atom stereocenters. The Labute approximate surface area is 172 Å². The summed E-state index contributed by atoms with van der Waals surface area (Å²) >= 11 is 5.78. The number of furan rings is 1. The molecule has 0 fully saturated rings. The minimum atomic E-state index is -4.17. The molecule has 3 aromatic rings. The number of aliphatic imine (C=N–C) groups is 1. The summed E-state index contributed by atoms with van der Waals surface area (Å²) < 4.78 is 33.4. The van der Waals surface area contributed by atoms with E-state index in [2.05, 4.69) is 9.71 Å². The number of hydrogen-bond acceptors (Lipinski definition) is 5. The van der Waals surface area contributed by atoms with Crippen molar-refractivity contribution >= 4 is 44.1 Å². The predicted octanol–water partition coefficient (Wildman–Crippen LogP) is 3.75. The third-order valence-corrected chi connectivity index (χ3v) is 5.25. The molecular weight excluding hydrogens is 412 g/mol. The second-order valence-electron chi connectivity index (χ2n) is 5.77. The Morgan fingerprint density at radius 2 is 1.86 bits per heavy atom. The first-order valence-electron chi connectivity index (χ1n) is 8.37. The van der Waals surface area contributed by atoms with E-state index in [0.29, 0.717) is 16.5 Å². The number of para-hydroxylation sites is 1. The maximum Gasteiger partial charge on any atom is 0.295 e. The fourth-order valence-electron chi connectivity index (χ4n) is 2.57. The van der Waals surface area contributed by atoms with Gasteiger partial charge >= 0.3 is 0 Å². The summed E-state index contributed by atoms with van der Waals surface area (Å²) in [6.45, 7) is 0. The molecule has 8 heteroatoms. The van der Waals surface area contributed by atoms with Crippen molar-refractivity contribution in [3.05, 3.63) is 78.0 Å². The number of rotatable bonds is 7. The molecule has 1 heterocycles. The van der Waals surface area contributed by atoms with E-state index in [1.807, 2.05) is 6.04 Å². The van der Waals surface area contributed by atoms with Gasteiger partial charge in [-0.25, -0.2) is 0 Å². The van der Waals surface area contributed by atoms with E-state index in [1.54, 1.807) is 54.6 Å². The number of Topliss-reactive ketones (excluding diaryl/α,β-unsaturated/α-hetero) is 1. The molecule has 3 rings (SSSR count). The molecule has 29 heavy (non-hydrogen) atoms. The number of nitrogens with zero attached hydrogens (tertiary/aromatic N) is 1. The second-order valence-corrected chi connectivity index (χ2v) is 7.69. The number of allylic oxidation sites excluding steroid dienone is 2. The Balaban J connectivity index is 2.00. The summed E-state index contributed by atoms with van der Waals surface area (Å²) in [6, 6.07) is 18.5. The summed E-state index contributed by atoms with van der Waals surface area (Å²) in [5, 5.41) is 0.306. The van der Waals surface area contributed by atoms with Crippen molar-refractivity contribution < 1.29 is 17.6 Å². The maximum atomic E-state index is 12.8. The van der Waals surface area contributed by atoms with E-state index in [-0.39, 0.29) is 22.4 Å². The van der Waals surface area contributed by atoms with Crippen molar-refractivity contribution in [1.29, 1.82) is 0 Å². The summed E-state index contributed by atoms with van der Waals surface area (Å²) in [4.78, 5) is 16.6. The number of ketones is 1. The first-order chi connectivity index (χ1) is 14.0. The molecule has 0 aliphatic carbocycles. The Morgan fingerprint density at radius 3 is 2.52 bits per heavy atom. The average molecular weight is 427 g/mol. The predicted molar refractivity (Wildman–Crippen MR) is 112 cm³/mol. The number of halogens is 1. The number of terminal acetylenes is 1. The number of carbonyl (C=O) groups is 1. The minimum absolute atomic E-state index is 0.0797. The number of sulfonamides is 1. The average Bonchev–Trinajstić information content (AvgIpc) is 3.17. The van der Waals surface area contributed by atoms with E-state index in [4.69, 9.17) is 22.4 Å². The minimum Gasteiger partial charge on any atom is -0.443 e. The summed E-state index contributed by atoms with van der Waals surface area (Å²) in [6.07, 6.45) is 6.56. The van der Waals surface area contributed by atoms with Crippen LogP contribution in [-0.2, 0) is 10.0 Å². The lowest BCUT2D eigenvalue weighted by Crippen LogP contribution is -2.31. The Hall–Kier alpha value is -3.34. The summed E-state index contributed by atoms with van der Waals surface area (Å²) in [5.74, 6) is -0.629. The number of benzene rings is 2. The number of nitrogens with one attached hydrogen (secondary N) is 1. The van der Waals surface area contributed by atoms with E-state index >= 15 is 0 Å². The van der Waals surface area contributed by atoms with Crippen LogP contribution < -0.4 is 4.72 Å². The van der Waals surface area contributed by atoms with Crippen molar-refractivity contribution in [3.8, 4) is 12.5 Å². The van der Waals surface area contributed by atoms with Crippen molar-refractivity contribution in [3.63, 3.8) is 0 Å². The Kier molecular flexibility index (Phi) is 6.17. The molecule has 146 valence electrons. The molecule has 0 bridgehead atoms. The molecule has 1 N–H and O–H groups in total. The first-order valence-corrected chi connectivity index (χ1v) is 10.4. The summed E-state index contributed by atoms with van der Waals surface area (Å²) in [5.41, 5.74) is 0.324. The Bertz CT molecular complexity index is 1220. The molecule has 6 nitrogen and oxygen atoms in total. The molecule has 0 saturated carbocycles. The van der Waals surface area contributed by atoms with Gasteiger partial charge in [-0.1, -0.05) is 55.0 Å². The van der Waals surface area contributed by atoms with Gasteiger partial charge in [0.1, 0.15) is 11.3 Å². The monoisotopic (exact) mass is 426 g/mol. The Morgan fingerprint density at radius 1 is 1.17 bits per heavy atom. The van der Waals surface area contributed by atoms with Gasteiger partial charge in [-0.2, -0.15) is 13.4 Å². The lowest BCUT2D eigenvalue weighted by Gasteiger charge is -2.11. The van der Waals surface area contributed by atoms with Crippen molar-refractivity contribution in [2.24, 2.45) is 4.99 Å². The highest BCUT2D eigenvalue weighted by Crippen LogP contribution is 2.23. The smallest absolute Gasteiger partial charge is 0.295 e. The molecule has 0 saturated heterocycles. The fraction of sp³-hybridized carbons (Fsp3) is 0.0476. The van der Waals surface area contributed by atoms with Crippen LogP contribution >= 0.6 is 11.6 Å². The van der Waals surface area contributed by atoms with E-state index in [9.17, 15) is 13.2 Å². The van der Waals surface area contributed by atoms with Crippen LogP contribution in [0.1, 0.15) is 10.4 Å². The molecule has 0 atom stereocenters. The highest BCUT2D eigenvalue weighted by Gasteiger charge is 2.26. The van der Waals surface area contributed by atoms with Crippen LogP contribution in [0.3, 0.4) is 0 Å². The summed E-state index contributed by atoms with van der Waals surface area (Å²) in [7, 11) is -4.17. The number of hydrogen-bond donors (Lipinski definition) is 1. The molecule has 0 aliphatic heterocycles. The van der Waals surface area contributed by atoms with E-state index in [0.717, 1.165) is 0 Å². The van der Waals surface area contributed by atoms with Crippen LogP contribution in [0.4, 0.5) is 0 Å². The topological polar surface area (TPSA) is 88.7 Å². The zero-order valence-corrected chi connectivity index (χ0v) is 16.6. The van der Waals surface area contributed by atoms with Crippen LogP contribution in [0.2, 0.25) is 0 Å². The van der Waals surface area contributed by atoms with Crippen LogP contribution in [0.15, 0.2) is 86.9 Å². The molecular formula is C21H15ClN2O4S. The zero-order valence-electron chi connectivity index (χ0n) is 15.0. The first kappa shape index (κ1) is 20.4. The standard InChI is InChI=1S/C21H15ClN2O4S/c1-2-23-20(21(25)15-8-4-3-5-9-15)17(12-13-22)24-29(26,27)19-14-16-10-6-7-11-18(16)28-19/h1,3-12,14,24H,13H2/b17-12+,23-20+. The van der Waals surface area contributed by atoms with Crippen molar-refractivity contribution in [2.75, 3.05) is 5.88 Å². The van der Waals surface area contributed by atoms with Gasteiger partial charge in [0.05, 0.1) is 5.70 Å². The van der Waals surface area contributed by atoms with E-state index in [1.165, 1.54) is 12.1 Å². The highest BCUT2D eigenvalue weighted by atomic mass is 35.5. The lowest BCUT2D eigenvalue weighted by molar-refractivity contribution is 0.106. The molecule has 2 aromatic carbocycles. The van der Waals surface area contributed by atoms with Gasteiger partial charge in [0.15, 0.2) is 0 Å². The van der Waals surface area contributed by atoms with Gasteiger partial charge in [0.2, 0.25) is 10.9 Å². The third-order valence-electron chi connectivity index (χ3n) is 3.88. The second kappa shape index (κ2) is 8.78. The van der Waals surface area contributed by atoms with E-state index < -0.39 is 15.8 Å². The van der Waals surface area contributed by atoms with Gasteiger partial charge < -0.3 is 4.42 Å². The molecule has 0 radical (unpaired) electrons. The van der Waals surface area contributed by atoms with Crippen LogP contribution in [0.5, 0.6) is 0 Å². The molecule has 1 aromatic heterocycles. The van der Waals surface area contributed by atoms with Crippen molar-refractivity contribution in [2.45, 2.75) is 5.09 Å². The van der Waals surface area contributed by atoms with Crippen molar-refractivity contribution in [1.82, 2.24) is 4.72 Å². The number of carbonyl (C=O) groups excluding carboxylic acids is 1. The number of alkyl halides is 1. The lowest BCUT2D eigenvalue weighted by atomic mass is 10.0. The van der Waals surface area contributed by atoms with Gasteiger partial charge in [0, 0.05) is 28.9 Å². The number of fused-ring (bicyclic) bond motifs is 1. The van der Waals surface area contributed by atoms with Crippen LogP contribution in [-0.4, -0.2) is 25.8 Å². The van der Waals surface area contributed by atoms with Gasteiger partial charge in [-0.05, 0) is 12.1 Å².